The molecule has 17 heavy (non-hydrogen) atoms. The molecule has 0 aromatic rings. The van der Waals surface area contributed by atoms with Crippen LogP contribution in [-0.4, -0.2) is 37.2 Å². The van der Waals surface area contributed by atoms with Gasteiger partial charge in [-0.15, -0.1) is 0 Å². The van der Waals surface area contributed by atoms with Gasteiger partial charge in [0.25, 0.3) is 0 Å². The molecule has 1 heterocycles. The molecule has 1 unspecified atom stereocenters. The molecule has 0 radical (unpaired) electrons. The molecular weight excluding hydrogens is 210 g/mol. The van der Waals surface area contributed by atoms with Gasteiger partial charge in [-0.1, -0.05) is 37.0 Å². The Morgan fingerprint density at radius 2 is 2.12 bits per heavy atom. The van der Waals surface area contributed by atoms with Crippen LogP contribution in [0.25, 0.3) is 0 Å². The largest absolute Gasteiger partial charge is 0.380 e. The maximum atomic E-state index is 5.50. The topological polar surface area (TPSA) is 12.5 Å². The van der Waals surface area contributed by atoms with Crippen molar-refractivity contribution in [2.24, 2.45) is 0 Å². The zero-order valence-corrected chi connectivity index (χ0v) is 11.1. The van der Waals surface area contributed by atoms with Crippen molar-refractivity contribution in [3.05, 3.63) is 37.0 Å². The fraction of sp³-hybridized carbons (Fsp3) is 0.600. The van der Waals surface area contributed by atoms with Gasteiger partial charge >= 0.3 is 0 Å². The fourth-order valence-electron chi connectivity index (χ4n) is 2.24. The normalized spacial score (nSPS) is 19.4. The summed E-state index contributed by atoms with van der Waals surface area (Å²) in [6, 6.07) is 0.452. The van der Waals surface area contributed by atoms with Crippen molar-refractivity contribution in [2.75, 3.05) is 26.3 Å². The molecule has 1 aliphatic heterocycles. The highest BCUT2D eigenvalue weighted by atomic mass is 16.5. The van der Waals surface area contributed by atoms with Crippen LogP contribution in [0.15, 0.2) is 37.0 Å². The summed E-state index contributed by atoms with van der Waals surface area (Å²) >= 11 is 0. The van der Waals surface area contributed by atoms with E-state index in [0.717, 1.165) is 51.1 Å². The van der Waals surface area contributed by atoms with E-state index in [2.05, 4.69) is 31.6 Å². The Labute approximate surface area is 106 Å². The van der Waals surface area contributed by atoms with E-state index < -0.39 is 0 Å². The summed E-state index contributed by atoms with van der Waals surface area (Å²) in [4.78, 5) is 2.49. The van der Waals surface area contributed by atoms with E-state index in [1.165, 1.54) is 5.57 Å². The third-order valence-corrected chi connectivity index (χ3v) is 3.29. The first-order valence-electron chi connectivity index (χ1n) is 6.42. The van der Waals surface area contributed by atoms with E-state index in [4.69, 9.17) is 4.74 Å². The molecular formula is C15H25NO. The lowest BCUT2D eigenvalue weighted by Gasteiger charge is -2.30. The van der Waals surface area contributed by atoms with Crippen LogP contribution in [0.3, 0.4) is 0 Å². The Kier molecular flexibility index (Phi) is 6.23. The van der Waals surface area contributed by atoms with E-state index in [1.54, 1.807) is 0 Å². The zero-order chi connectivity index (χ0) is 12.7. The molecule has 0 aromatic heterocycles. The minimum atomic E-state index is 0.452. The molecule has 96 valence electrons. The van der Waals surface area contributed by atoms with Crippen LogP contribution in [0, 0.1) is 0 Å². The van der Waals surface area contributed by atoms with Crippen LogP contribution in [0.2, 0.25) is 0 Å². The first kappa shape index (κ1) is 14.2. The standard InChI is InChI=1S/C15H25NO/c1-5-14(4)7-8-15(13(2)3)16-9-6-11-17-12-10-16/h5,15H,1-2,4,6-12H2,3H3. The summed E-state index contributed by atoms with van der Waals surface area (Å²) in [5, 5.41) is 0. The van der Waals surface area contributed by atoms with Gasteiger partial charge in [-0.25, -0.2) is 0 Å². The fourth-order valence-corrected chi connectivity index (χ4v) is 2.24. The van der Waals surface area contributed by atoms with E-state index >= 15 is 0 Å². The summed E-state index contributed by atoms with van der Waals surface area (Å²) in [5.41, 5.74) is 2.35. The minimum Gasteiger partial charge on any atom is -0.380 e. The number of rotatable bonds is 6. The van der Waals surface area contributed by atoms with Crippen LogP contribution in [0.5, 0.6) is 0 Å². The van der Waals surface area contributed by atoms with Crippen molar-refractivity contribution < 1.29 is 4.74 Å². The highest BCUT2D eigenvalue weighted by molar-refractivity contribution is 5.13. The molecule has 0 saturated carbocycles. The molecule has 1 fully saturated rings. The van der Waals surface area contributed by atoms with Gasteiger partial charge in [-0.2, -0.15) is 0 Å². The molecule has 1 rings (SSSR count). The summed E-state index contributed by atoms with van der Waals surface area (Å²) in [6.07, 6.45) is 5.05. The average molecular weight is 235 g/mol. The monoisotopic (exact) mass is 235 g/mol. The highest BCUT2D eigenvalue weighted by Gasteiger charge is 2.20. The van der Waals surface area contributed by atoms with Crippen molar-refractivity contribution in [1.82, 2.24) is 4.90 Å². The van der Waals surface area contributed by atoms with Crippen molar-refractivity contribution in [3.63, 3.8) is 0 Å². The number of allylic oxidation sites excluding steroid dienone is 2. The van der Waals surface area contributed by atoms with Crippen molar-refractivity contribution in [1.29, 1.82) is 0 Å². The molecule has 0 aromatic carbocycles. The van der Waals surface area contributed by atoms with E-state index in [-0.39, 0.29) is 0 Å². The molecule has 1 atom stereocenters. The maximum Gasteiger partial charge on any atom is 0.0593 e. The molecule has 1 aliphatic rings. The highest BCUT2D eigenvalue weighted by Crippen LogP contribution is 2.19. The Balaban J connectivity index is 2.54. The number of ether oxygens (including phenoxy) is 1. The third-order valence-electron chi connectivity index (χ3n) is 3.29. The zero-order valence-electron chi connectivity index (χ0n) is 11.1. The molecule has 0 N–H and O–H groups in total. The van der Waals surface area contributed by atoms with Crippen molar-refractivity contribution in [2.45, 2.75) is 32.2 Å². The Bertz CT molecular complexity index is 275. The van der Waals surface area contributed by atoms with E-state index in [0.29, 0.717) is 6.04 Å². The second-order valence-corrected chi connectivity index (χ2v) is 4.77. The molecule has 2 heteroatoms. The average Bonchev–Trinajstić information content (AvgIpc) is 2.57. The van der Waals surface area contributed by atoms with Crippen LogP contribution in [0.4, 0.5) is 0 Å². The number of hydrogen-bond donors (Lipinski definition) is 0. The first-order valence-corrected chi connectivity index (χ1v) is 6.42. The second-order valence-electron chi connectivity index (χ2n) is 4.77. The molecule has 0 amide bonds. The maximum absolute atomic E-state index is 5.50. The Morgan fingerprint density at radius 1 is 1.35 bits per heavy atom. The summed E-state index contributed by atoms with van der Waals surface area (Å²) in [6.45, 7) is 17.8. The van der Waals surface area contributed by atoms with Gasteiger partial charge in [0.05, 0.1) is 6.61 Å². The predicted molar refractivity (Wildman–Crippen MR) is 74.2 cm³/mol. The number of hydrogen-bond acceptors (Lipinski definition) is 2. The van der Waals surface area contributed by atoms with Gasteiger partial charge in [0, 0.05) is 25.7 Å². The molecule has 1 saturated heterocycles. The molecule has 0 aliphatic carbocycles. The summed E-state index contributed by atoms with van der Waals surface area (Å²) in [5.74, 6) is 0. The summed E-state index contributed by atoms with van der Waals surface area (Å²) < 4.78 is 5.50. The second kappa shape index (κ2) is 7.46. The van der Waals surface area contributed by atoms with Gasteiger partial charge < -0.3 is 4.74 Å². The van der Waals surface area contributed by atoms with Crippen LogP contribution >= 0.6 is 0 Å². The van der Waals surface area contributed by atoms with Crippen LogP contribution in [-0.2, 0) is 4.74 Å². The van der Waals surface area contributed by atoms with Gasteiger partial charge in [-0.05, 0) is 26.2 Å². The third kappa shape index (κ3) is 4.88. The van der Waals surface area contributed by atoms with E-state index in [1.807, 2.05) is 6.08 Å². The Hall–Kier alpha value is -0.860. The van der Waals surface area contributed by atoms with E-state index in [9.17, 15) is 0 Å². The van der Waals surface area contributed by atoms with Gasteiger partial charge in [0.15, 0.2) is 0 Å². The lowest BCUT2D eigenvalue weighted by atomic mass is 9.99. The molecule has 0 bridgehead atoms. The van der Waals surface area contributed by atoms with Crippen molar-refractivity contribution >= 4 is 0 Å². The quantitative estimate of drug-likeness (QED) is 0.518. The smallest absolute Gasteiger partial charge is 0.0593 e. The van der Waals surface area contributed by atoms with Gasteiger partial charge in [-0.3, -0.25) is 4.90 Å². The van der Waals surface area contributed by atoms with Crippen LogP contribution < -0.4 is 0 Å². The van der Waals surface area contributed by atoms with Gasteiger partial charge in [0.1, 0.15) is 0 Å². The summed E-state index contributed by atoms with van der Waals surface area (Å²) in [7, 11) is 0. The first-order chi connectivity index (χ1) is 8.15. The molecule has 2 nitrogen and oxygen atoms in total. The van der Waals surface area contributed by atoms with Gasteiger partial charge in [0.2, 0.25) is 0 Å². The Morgan fingerprint density at radius 3 is 2.76 bits per heavy atom. The lowest BCUT2D eigenvalue weighted by molar-refractivity contribution is 0.134. The SMILES string of the molecule is C=CC(=C)CCC(C(=C)C)N1CCCOCC1. The predicted octanol–water partition coefficient (Wildman–Crippen LogP) is 3.18. The van der Waals surface area contributed by atoms with Crippen LogP contribution in [0.1, 0.15) is 26.2 Å². The van der Waals surface area contributed by atoms with Crippen molar-refractivity contribution in [3.8, 4) is 0 Å². The molecule has 0 spiro atoms. The number of nitrogens with zero attached hydrogens (tertiary/aromatic N) is 1. The minimum absolute atomic E-state index is 0.452. The lowest BCUT2D eigenvalue weighted by Crippen LogP contribution is -2.37.